The fraction of sp³-hybridized carbons (Fsp3) is 0.400. The molecule has 3 aromatic heterocycles. The average Bonchev–Trinajstić information content (AvgIpc) is 3.68. The van der Waals surface area contributed by atoms with Crippen molar-refractivity contribution in [2.75, 3.05) is 24.6 Å². The highest BCUT2D eigenvalue weighted by atomic mass is 35.5. The molecular weight excluding hydrogens is 566 g/mol. The molecule has 0 bridgehead atoms. The van der Waals surface area contributed by atoms with E-state index in [1.165, 1.54) is 31.3 Å². The van der Waals surface area contributed by atoms with Crippen molar-refractivity contribution >= 4 is 39.9 Å². The van der Waals surface area contributed by atoms with E-state index in [2.05, 4.69) is 16.0 Å². The summed E-state index contributed by atoms with van der Waals surface area (Å²) < 4.78 is 29.4. The summed E-state index contributed by atoms with van der Waals surface area (Å²) in [7, 11) is 0. The molecule has 5 heterocycles. The van der Waals surface area contributed by atoms with E-state index in [9.17, 15) is 5.26 Å². The zero-order valence-electron chi connectivity index (χ0n) is 22.4. The van der Waals surface area contributed by atoms with Gasteiger partial charge in [0.15, 0.2) is 17.8 Å². The van der Waals surface area contributed by atoms with Crippen LogP contribution in [0.3, 0.4) is 0 Å². The molecular formula is C30H27Cl2FN6O2. The van der Waals surface area contributed by atoms with E-state index in [4.69, 9.17) is 42.8 Å². The molecule has 1 spiro atoms. The third-order valence-electron chi connectivity index (χ3n) is 8.36. The van der Waals surface area contributed by atoms with Crippen LogP contribution in [0.1, 0.15) is 62.5 Å². The Bertz CT molecular complexity index is 1680. The number of halogens is 3. The predicted molar refractivity (Wildman–Crippen MR) is 154 cm³/mol. The van der Waals surface area contributed by atoms with Crippen molar-refractivity contribution in [1.82, 2.24) is 19.7 Å². The van der Waals surface area contributed by atoms with E-state index in [1.807, 2.05) is 6.07 Å². The summed E-state index contributed by atoms with van der Waals surface area (Å²) in [5.41, 5.74) is 3.26. The summed E-state index contributed by atoms with van der Waals surface area (Å²) in [6, 6.07) is 7.19. The Morgan fingerprint density at radius 1 is 1.15 bits per heavy atom. The quantitative estimate of drug-likeness (QED) is 0.233. The molecule has 8 nitrogen and oxygen atoms in total. The van der Waals surface area contributed by atoms with Gasteiger partial charge in [-0.25, -0.2) is 14.1 Å². The predicted octanol–water partition coefficient (Wildman–Crippen LogP) is 7.25. The minimum absolute atomic E-state index is 0.0275. The van der Waals surface area contributed by atoms with Crippen LogP contribution in [0.2, 0.25) is 10.0 Å². The van der Waals surface area contributed by atoms with Crippen LogP contribution in [0.4, 0.5) is 10.2 Å². The topological polar surface area (TPSA) is 89.1 Å². The molecule has 4 aromatic rings. The molecule has 1 saturated carbocycles. The molecule has 1 unspecified atom stereocenters. The lowest BCUT2D eigenvalue weighted by Gasteiger charge is -2.41. The number of pyridine rings is 2. The number of anilines is 1. The maximum atomic E-state index is 15.6. The van der Waals surface area contributed by atoms with Gasteiger partial charge in [0.05, 0.1) is 21.1 Å². The van der Waals surface area contributed by atoms with Crippen LogP contribution >= 0.6 is 23.2 Å². The van der Waals surface area contributed by atoms with E-state index < -0.39 is 11.9 Å². The first-order chi connectivity index (χ1) is 19.9. The minimum Gasteiger partial charge on any atom is -0.483 e. The lowest BCUT2D eigenvalue weighted by Crippen LogP contribution is -2.49. The molecule has 0 N–H and O–H groups in total. The van der Waals surface area contributed by atoms with Gasteiger partial charge in [-0.2, -0.15) is 10.4 Å². The van der Waals surface area contributed by atoms with Crippen LogP contribution in [0.25, 0.3) is 22.2 Å². The van der Waals surface area contributed by atoms with Crippen molar-refractivity contribution in [3.63, 3.8) is 0 Å². The van der Waals surface area contributed by atoms with Gasteiger partial charge in [-0.15, -0.1) is 0 Å². The van der Waals surface area contributed by atoms with E-state index in [1.54, 1.807) is 23.9 Å². The van der Waals surface area contributed by atoms with Crippen LogP contribution in [0.5, 0.6) is 5.75 Å². The zero-order chi connectivity index (χ0) is 28.3. The maximum Gasteiger partial charge on any atom is 0.167 e. The highest BCUT2D eigenvalue weighted by Gasteiger charge is 2.53. The Morgan fingerprint density at radius 2 is 1.93 bits per heavy atom. The summed E-state index contributed by atoms with van der Waals surface area (Å²) in [4.78, 5) is 10.9. The summed E-state index contributed by atoms with van der Waals surface area (Å²) in [6.07, 6.45) is 8.94. The number of nitrogens with zero attached hydrogens (tertiary/aromatic N) is 6. The van der Waals surface area contributed by atoms with Crippen LogP contribution in [0.15, 0.2) is 36.8 Å². The van der Waals surface area contributed by atoms with Gasteiger partial charge in [-0.3, -0.25) is 4.98 Å². The second kappa shape index (κ2) is 10.1. The Labute approximate surface area is 246 Å². The minimum atomic E-state index is -0.650. The maximum absolute atomic E-state index is 15.6. The molecule has 7 rings (SSSR count). The van der Waals surface area contributed by atoms with Crippen molar-refractivity contribution in [2.24, 2.45) is 5.41 Å². The molecule has 0 amide bonds. The Hall–Kier alpha value is -3.45. The van der Waals surface area contributed by atoms with E-state index in [0.717, 1.165) is 32.4 Å². The zero-order valence-corrected chi connectivity index (χ0v) is 23.9. The Morgan fingerprint density at radius 3 is 2.61 bits per heavy atom. The fourth-order valence-corrected chi connectivity index (χ4v) is 6.64. The molecule has 210 valence electrons. The monoisotopic (exact) mass is 592 g/mol. The second-order valence-corrected chi connectivity index (χ2v) is 12.1. The molecule has 2 saturated heterocycles. The lowest BCUT2D eigenvalue weighted by atomic mass is 9.96. The smallest absolute Gasteiger partial charge is 0.167 e. The molecule has 11 heteroatoms. The highest BCUT2D eigenvalue weighted by Crippen LogP contribution is 2.54. The third kappa shape index (κ3) is 4.68. The first kappa shape index (κ1) is 26.4. The SMILES string of the molecule is C[C@@H](Oc1cc2c(-c3cnc(N4CC5(CC5)C4)c(C#N)c3)nn(C3CCCCO3)c2cc1F)c1c(Cl)cncc1Cl. The largest absolute Gasteiger partial charge is 0.483 e. The van der Waals surface area contributed by atoms with Gasteiger partial charge in [0.1, 0.15) is 23.7 Å². The van der Waals surface area contributed by atoms with E-state index >= 15 is 4.39 Å². The van der Waals surface area contributed by atoms with Gasteiger partial charge in [-0.05, 0) is 51.2 Å². The number of hydrogen-bond acceptors (Lipinski definition) is 7. The van der Waals surface area contributed by atoms with Crippen LogP contribution in [-0.2, 0) is 4.74 Å². The van der Waals surface area contributed by atoms with Crippen molar-refractivity contribution in [2.45, 2.75) is 51.4 Å². The highest BCUT2D eigenvalue weighted by molar-refractivity contribution is 6.35. The van der Waals surface area contributed by atoms with Gasteiger partial charge in [0, 0.05) is 66.3 Å². The summed E-state index contributed by atoms with van der Waals surface area (Å²) >= 11 is 12.7. The number of aromatic nitrogens is 4. The number of ether oxygens (including phenoxy) is 2. The average molecular weight is 593 g/mol. The van der Waals surface area contributed by atoms with Gasteiger partial charge in [0.25, 0.3) is 0 Å². The van der Waals surface area contributed by atoms with E-state index in [0.29, 0.717) is 61.2 Å². The van der Waals surface area contributed by atoms with Gasteiger partial charge >= 0.3 is 0 Å². The molecule has 3 aliphatic rings. The number of hydrogen-bond donors (Lipinski definition) is 0. The Kier molecular flexibility index (Phi) is 6.53. The fourth-order valence-electron chi connectivity index (χ4n) is 5.96. The van der Waals surface area contributed by atoms with Crippen LogP contribution in [0, 0.1) is 22.6 Å². The number of benzene rings is 1. The number of rotatable bonds is 6. The third-order valence-corrected chi connectivity index (χ3v) is 8.96. The van der Waals surface area contributed by atoms with E-state index in [-0.39, 0.29) is 12.0 Å². The summed E-state index contributed by atoms with van der Waals surface area (Å²) in [5.74, 6) is 0.176. The first-order valence-electron chi connectivity index (χ1n) is 13.8. The molecule has 1 aromatic carbocycles. The van der Waals surface area contributed by atoms with Crippen LogP contribution in [-0.4, -0.2) is 39.4 Å². The van der Waals surface area contributed by atoms with Crippen molar-refractivity contribution in [1.29, 1.82) is 5.26 Å². The molecule has 2 atom stereocenters. The molecule has 0 radical (unpaired) electrons. The van der Waals surface area contributed by atoms with Crippen LogP contribution < -0.4 is 9.64 Å². The normalized spacial score (nSPS) is 20.1. The molecule has 1 aliphatic carbocycles. The molecule has 41 heavy (non-hydrogen) atoms. The van der Waals surface area contributed by atoms with Crippen molar-refractivity contribution in [3.8, 4) is 23.1 Å². The van der Waals surface area contributed by atoms with Gasteiger partial charge in [-0.1, -0.05) is 23.2 Å². The molecule has 3 fully saturated rings. The number of nitriles is 1. The lowest BCUT2D eigenvalue weighted by molar-refractivity contribution is -0.0365. The van der Waals surface area contributed by atoms with Gasteiger partial charge < -0.3 is 14.4 Å². The van der Waals surface area contributed by atoms with Crippen molar-refractivity contribution in [3.05, 3.63) is 63.8 Å². The molecule has 2 aliphatic heterocycles. The standard InChI is InChI=1S/C30H27Cl2FN6O2/c1-17(27-21(31)13-35-14-22(27)32)41-25-9-20-24(10-23(25)33)39(26-4-2-3-7-40-26)37-28(20)19-8-18(11-34)29(36-12-19)38-15-30(16-38)5-6-30/h8-10,12-14,17,26H,2-7,15-16H2,1H3/t17-,26?/m1/s1. The van der Waals surface area contributed by atoms with Gasteiger partial charge in [0.2, 0.25) is 0 Å². The number of fused-ring (bicyclic) bond motifs is 1. The summed E-state index contributed by atoms with van der Waals surface area (Å²) in [6.45, 7) is 4.24. The van der Waals surface area contributed by atoms with Crippen molar-refractivity contribution < 1.29 is 13.9 Å². The Balaban J connectivity index is 1.31. The first-order valence-corrected chi connectivity index (χ1v) is 14.6. The second-order valence-electron chi connectivity index (χ2n) is 11.3. The summed E-state index contributed by atoms with van der Waals surface area (Å²) in [5, 5.41) is 16.2.